The van der Waals surface area contributed by atoms with Gasteiger partial charge in [-0.2, -0.15) is 0 Å². The van der Waals surface area contributed by atoms with E-state index in [0.29, 0.717) is 29.8 Å². The van der Waals surface area contributed by atoms with Crippen LogP contribution in [0.4, 0.5) is 5.69 Å². The zero-order chi connectivity index (χ0) is 14.7. The number of hydrogen-bond acceptors (Lipinski definition) is 3. The molecule has 0 saturated carbocycles. The van der Waals surface area contributed by atoms with Crippen molar-refractivity contribution in [2.75, 3.05) is 17.3 Å². The summed E-state index contributed by atoms with van der Waals surface area (Å²) in [5.41, 5.74) is 2.15. The van der Waals surface area contributed by atoms with Crippen LogP contribution < -0.4 is 10.6 Å². The van der Waals surface area contributed by atoms with E-state index in [9.17, 15) is 13.8 Å². The maximum absolute atomic E-state index is 12.1. The summed E-state index contributed by atoms with van der Waals surface area (Å²) in [4.78, 5) is 23.3. The van der Waals surface area contributed by atoms with Gasteiger partial charge < -0.3 is 10.6 Å². The van der Waals surface area contributed by atoms with E-state index >= 15 is 0 Å². The number of anilines is 1. The number of nitrogens with one attached hydrogen (secondary N) is 2. The molecule has 0 bridgehead atoms. The van der Waals surface area contributed by atoms with Crippen molar-refractivity contribution in [1.82, 2.24) is 5.32 Å². The fourth-order valence-electron chi connectivity index (χ4n) is 2.08. The third-order valence-electron chi connectivity index (χ3n) is 3.21. The normalized spacial score (nSPS) is 16.2. The van der Waals surface area contributed by atoms with Crippen LogP contribution >= 0.6 is 0 Å². The number of rotatable bonds is 5. The Kier molecular flexibility index (Phi) is 4.54. The van der Waals surface area contributed by atoms with Crippen molar-refractivity contribution in [3.05, 3.63) is 29.3 Å². The Balaban J connectivity index is 1.98. The topological polar surface area (TPSA) is 75.3 Å². The van der Waals surface area contributed by atoms with Gasteiger partial charge in [-0.3, -0.25) is 13.8 Å². The van der Waals surface area contributed by atoms with Crippen LogP contribution in [0.3, 0.4) is 0 Å². The number of amides is 2. The van der Waals surface area contributed by atoms with Gasteiger partial charge in [0.25, 0.3) is 5.91 Å². The average Bonchev–Trinajstić information content (AvgIpc) is 2.75. The third-order valence-corrected chi connectivity index (χ3v) is 4.02. The first-order chi connectivity index (χ1) is 9.45. The highest BCUT2D eigenvalue weighted by atomic mass is 32.2. The molecule has 2 amide bonds. The van der Waals surface area contributed by atoms with E-state index in [-0.39, 0.29) is 17.9 Å². The molecule has 0 spiro atoms. The van der Waals surface area contributed by atoms with Crippen molar-refractivity contribution in [3.8, 4) is 0 Å². The highest BCUT2D eigenvalue weighted by Crippen LogP contribution is 2.23. The first-order valence-corrected chi connectivity index (χ1v) is 8.22. The Morgan fingerprint density at radius 3 is 2.95 bits per heavy atom. The van der Waals surface area contributed by atoms with E-state index in [4.69, 9.17) is 0 Å². The Hall–Kier alpha value is -1.69. The van der Waals surface area contributed by atoms with Gasteiger partial charge in [0, 0.05) is 40.1 Å². The van der Waals surface area contributed by atoms with Gasteiger partial charge in [0.2, 0.25) is 5.91 Å². The van der Waals surface area contributed by atoms with Gasteiger partial charge in [0.1, 0.15) is 0 Å². The number of fused-ring (bicyclic) bond motifs is 1. The first-order valence-electron chi connectivity index (χ1n) is 6.49. The van der Waals surface area contributed by atoms with Gasteiger partial charge in [-0.05, 0) is 31.0 Å². The van der Waals surface area contributed by atoms with Crippen molar-refractivity contribution in [2.45, 2.75) is 25.8 Å². The van der Waals surface area contributed by atoms with E-state index in [1.807, 2.05) is 6.92 Å². The summed E-state index contributed by atoms with van der Waals surface area (Å²) >= 11 is 0. The molecule has 0 saturated heterocycles. The van der Waals surface area contributed by atoms with E-state index in [1.165, 1.54) is 0 Å². The van der Waals surface area contributed by atoms with Gasteiger partial charge in [-0.15, -0.1) is 0 Å². The number of hydrogen-bond donors (Lipinski definition) is 2. The summed E-state index contributed by atoms with van der Waals surface area (Å²) in [7, 11) is -0.848. The molecule has 2 atom stereocenters. The SMILES string of the molecule is CC(CCS(C)=O)NC(=O)c1ccc2c(c1)NC(=O)C2. The van der Waals surface area contributed by atoms with Gasteiger partial charge in [-0.1, -0.05) is 6.07 Å². The standard InChI is InChI=1S/C14H18N2O3S/c1-9(5-6-20(2)19)15-14(18)11-4-3-10-8-13(17)16-12(10)7-11/h3-4,7,9H,5-6,8H2,1-2H3,(H,15,18)(H,16,17). The van der Waals surface area contributed by atoms with E-state index < -0.39 is 10.8 Å². The summed E-state index contributed by atoms with van der Waals surface area (Å²) in [5.74, 6) is 0.349. The Morgan fingerprint density at radius 1 is 1.50 bits per heavy atom. The highest BCUT2D eigenvalue weighted by molar-refractivity contribution is 7.84. The molecule has 1 heterocycles. The van der Waals surface area contributed by atoms with Crippen LogP contribution in [0.25, 0.3) is 0 Å². The quantitative estimate of drug-likeness (QED) is 0.853. The highest BCUT2D eigenvalue weighted by Gasteiger charge is 2.19. The van der Waals surface area contributed by atoms with Crippen molar-refractivity contribution in [2.24, 2.45) is 0 Å². The zero-order valence-electron chi connectivity index (χ0n) is 11.6. The molecule has 20 heavy (non-hydrogen) atoms. The number of benzene rings is 1. The maximum Gasteiger partial charge on any atom is 0.251 e. The second kappa shape index (κ2) is 6.17. The largest absolute Gasteiger partial charge is 0.350 e. The Labute approximate surface area is 120 Å². The molecule has 2 N–H and O–H groups in total. The fraction of sp³-hybridized carbons (Fsp3) is 0.429. The lowest BCUT2D eigenvalue weighted by Crippen LogP contribution is -2.33. The second-order valence-electron chi connectivity index (χ2n) is 5.04. The summed E-state index contributed by atoms with van der Waals surface area (Å²) in [6.07, 6.45) is 2.70. The Morgan fingerprint density at radius 2 is 2.25 bits per heavy atom. The summed E-state index contributed by atoms with van der Waals surface area (Å²) in [6.45, 7) is 1.89. The van der Waals surface area contributed by atoms with Gasteiger partial charge in [0.05, 0.1) is 6.42 Å². The molecule has 0 aromatic heterocycles. The zero-order valence-corrected chi connectivity index (χ0v) is 12.4. The van der Waals surface area contributed by atoms with Crippen LogP contribution in [-0.4, -0.2) is 34.1 Å². The van der Waals surface area contributed by atoms with Crippen LogP contribution in [0.15, 0.2) is 18.2 Å². The molecule has 1 aromatic rings. The molecule has 108 valence electrons. The second-order valence-corrected chi connectivity index (χ2v) is 6.59. The van der Waals surface area contributed by atoms with Gasteiger partial charge in [-0.25, -0.2) is 0 Å². The first kappa shape index (κ1) is 14.7. The van der Waals surface area contributed by atoms with Crippen molar-refractivity contribution >= 4 is 28.3 Å². The van der Waals surface area contributed by atoms with Crippen LogP contribution in [0.2, 0.25) is 0 Å². The molecule has 6 heteroatoms. The summed E-state index contributed by atoms with van der Waals surface area (Å²) < 4.78 is 11.0. The third kappa shape index (κ3) is 3.66. The summed E-state index contributed by atoms with van der Waals surface area (Å²) in [6, 6.07) is 5.18. The van der Waals surface area contributed by atoms with Crippen LogP contribution in [0.5, 0.6) is 0 Å². The minimum absolute atomic E-state index is 0.0331. The molecule has 1 aromatic carbocycles. The summed E-state index contributed by atoms with van der Waals surface area (Å²) in [5, 5.41) is 5.59. The lowest BCUT2D eigenvalue weighted by atomic mass is 10.1. The lowest BCUT2D eigenvalue weighted by Gasteiger charge is -2.13. The van der Waals surface area contributed by atoms with E-state index in [0.717, 1.165) is 5.56 Å². The number of carbonyl (C=O) groups excluding carboxylic acids is 2. The monoisotopic (exact) mass is 294 g/mol. The molecule has 5 nitrogen and oxygen atoms in total. The predicted octanol–water partition coefficient (Wildman–Crippen LogP) is 1.07. The van der Waals surface area contributed by atoms with Crippen molar-refractivity contribution in [1.29, 1.82) is 0 Å². The van der Waals surface area contributed by atoms with Gasteiger partial charge in [0.15, 0.2) is 0 Å². The lowest BCUT2D eigenvalue weighted by molar-refractivity contribution is -0.115. The molecule has 1 aliphatic heterocycles. The number of carbonyl (C=O) groups is 2. The maximum atomic E-state index is 12.1. The molecular formula is C14H18N2O3S. The molecule has 0 aliphatic carbocycles. The Bertz CT molecular complexity index is 572. The van der Waals surface area contributed by atoms with Crippen LogP contribution in [0.1, 0.15) is 29.3 Å². The molecule has 1 aliphatic rings. The molecular weight excluding hydrogens is 276 g/mol. The molecule has 0 fully saturated rings. The smallest absolute Gasteiger partial charge is 0.251 e. The fourth-order valence-corrected chi connectivity index (χ4v) is 2.76. The van der Waals surface area contributed by atoms with Crippen molar-refractivity contribution < 1.29 is 13.8 Å². The van der Waals surface area contributed by atoms with Gasteiger partial charge >= 0.3 is 0 Å². The van der Waals surface area contributed by atoms with E-state index in [1.54, 1.807) is 24.5 Å². The minimum Gasteiger partial charge on any atom is -0.350 e. The van der Waals surface area contributed by atoms with Crippen molar-refractivity contribution in [3.63, 3.8) is 0 Å². The predicted molar refractivity (Wildman–Crippen MR) is 79.3 cm³/mol. The van der Waals surface area contributed by atoms with E-state index in [2.05, 4.69) is 10.6 Å². The molecule has 2 rings (SSSR count). The average molecular weight is 294 g/mol. The molecule has 0 radical (unpaired) electrons. The van der Waals surface area contributed by atoms with Crippen LogP contribution in [0, 0.1) is 0 Å². The van der Waals surface area contributed by atoms with Crippen LogP contribution in [-0.2, 0) is 22.0 Å². The minimum atomic E-state index is -0.848. The molecule has 2 unspecified atom stereocenters.